The molecule has 1 aromatic carbocycles. The lowest BCUT2D eigenvalue weighted by Gasteiger charge is -2.46. The minimum Gasteiger partial charge on any atom is -0.385 e. The molecule has 2 aromatic rings. The highest BCUT2D eigenvalue weighted by Crippen LogP contribution is 2.52. The summed E-state index contributed by atoms with van der Waals surface area (Å²) in [5.41, 5.74) is 1.94. The Kier molecular flexibility index (Phi) is 5.31. The maximum Gasteiger partial charge on any atom is 0.291 e. The van der Waals surface area contributed by atoms with Crippen LogP contribution in [0.5, 0.6) is 0 Å². The number of nitriles is 1. The molecule has 0 saturated carbocycles. The average Bonchev–Trinajstić information content (AvgIpc) is 3.35. The Balaban J connectivity index is 1.52. The second kappa shape index (κ2) is 7.91. The van der Waals surface area contributed by atoms with E-state index in [0.717, 1.165) is 36.0 Å². The lowest BCUT2D eigenvalue weighted by Crippen LogP contribution is -2.49. The predicted octanol–water partition coefficient (Wildman–Crippen LogP) is 5.21. The zero-order chi connectivity index (χ0) is 25.1. The van der Waals surface area contributed by atoms with E-state index in [0.29, 0.717) is 18.5 Å². The van der Waals surface area contributed by atoms with E-state index in [1.807, 2.05) is 38.1 Å². The molecule has 1 unspecified atom stereocenters. The Bertz CT molecular complexity index is 1280. The van der Waals surface area contributed by atoms with Crippen molar-refractivity contribution in [1.29, 1.82) is 5.26 Å². The van der Waals surface area contributed by atoms with Crippen molar-refractivity contribution in [1.82, 2.24) is 9.97 Å². The Labute approximate surface area is 205 Å². The van der Waals surface area contributed by atoms with Gasteiger partial charge in [0.05, 0.1) is 23.0 Å². The first-order valence-corrected chi connectivity index (χ1v) is 12.2. The molecule has 0 radical (unpaired) electrons. The standard InChI is InChI=1S/C28H32N4O3/c1-25(2)9-7-18(8-10-25)21-13-19(28(34)16-26(3)11-12-27(4,17-28)35-26)5-6-22(21)32-24(33)23-30-15-20(14-29)31-23/h5-7,11-13,15,34H,8-10,16-17H2,1-4H3,(H,30,31)(H,32,33)/t26-,27+,28?. The number of aromatic amines is 1. The summed E-state index contributed by atoms with van der Waals surface area (Å²) in [6.07, 6.45) is 11.5. The van der Waals surface area contributed by atoms with Crippen LogP contribution in [-0.4, -0.2) is 32.2 Å². The van der Waals surface area contributed by atoms with E-state index in [1.165, 1.54) is 6.20 Å². The number of nitrogens with zero attached hydrogens (tertiary/aromatic N) is 2. The topological polar surface area (TPSA) is 111 Å². The summed E-state index contributed by atoms with van der Waals surface area (Å²) in [5.74, 6) is -0.328. The molecule has 3 aliphatic rings. The summed E-state index contributed by atoms with van der Waals surface area (Å²) < 4.78 is 6.22. The molecule has 0 spiro atoms. The number of imidazole rings is 1. The van der Waals surface area contributed by atoms with Gasteiger partial charge in [-0.3, -0.25) is 4.79 Å². The van der Waals surface area contributed by atoms with Crippen LogP contribution in [0.1, 0.15) is 87.2 Å². The number of aliphatic hydroxyl groups is 1. The molecule has 3 atom stereocenters. The monoisotopic (exact) mass is 472 g/mol. The van der Waals surface area contributed by atoms with Crippen molar-refractivity contribution >= 4 is 17.2 Å². The van der Waals surface area contributed by atoms with Gasteiger partial charge in [-0.05, 0) is 61.8 Å². The van der Waals surface area contributed by atoms with E-state index in [1.54, 1.807) is 0 Å². The summed E-state index contributed by atoms with van der Waals surface area (Å²) in [7, 11) is 0. The number of amides is 1. The molecule has 35 heavy (non-hydrogen) atoms. The summed E-state index contributed by atoms with van der Waals surface area (Å²) >= 11 is 0. The van der Waals surface area contributed by atoms with Crippen molar-refractivity contribution < 1.29 is 14.6 Å². The second-order valence-electron chi connectivity index (χ2n) is 11.5. The van der Waals surface area contributed by atoms with Gasteiger partial charge in [-0.25, -0.2) is 4.98 Å². The highest BCUT2D eigenvalue weighted by molar-refractivity contribution is 6.03. The Morgan fingerprint density at radius 1 is 1.20 bits per heavy atom. The number of H-pyrrole nitrogens is 1. The summed E-state index contributed by atoms with van der Waals surface area (Å²) in [4.78, 5) is 19.6. The Morgan fingerprint density at radius 3 is 2.51 bits per heavy atom. The van der Waals surface area contributed by atoms with Gasteiger partial charge in [0, 0.05) is 24.1 Å². The molecular formula is C28H32N4O3. The van der Waals surface area contributed by atoms with E-state index < -0.39 is 22.7 Å². The van der Waals surface area contributed by atoms with Crippen molar-refractivity contribution in [2.24, 2.45) is 5.41 Å². The number of ether oxygens (including phenoxy) is 1. The van der Waals surface area contributed by atoms with Crippen LogP contribution in [0.15, 0.2) is 42.6 Å². The lowest BCUT2D eigenvalue weighted by molar-refractivity contribution is -0.186. The number of hydrogen-bond acceptors (Lipinski definition) is 5. The van der Waals surface area contributed by atoms with E-state index in [9.17, 15) is 9.90 Å². The Morgan fingerprint density at radius 2 is 1.91 bits per heavy atom. The summed E-state index contributed by atoms with van der Waals surface area (Å²) in [6, 6.07) is 7.74. The molecule has 3 heterocycles. The fraction of sp³-hybridized carbons (Fsp3) is 0.464. The molecule has 1 fully saturated rings. The maximum atomic E-state index is 12.9. The molecule has 1 aliphatic carbocycles. The molecule has 5 rings (SSSR count). The van der Waals surface area contributed by atoms with Crippen molar-refractivity contribution in [3.8, 4) is 6.07 Å². The molecule has 2 aliphatic heterocycles. The first kappa shape index (κ1) is 23.5. The zero-order valence-electron chi connectivity index (χ0n) is 20.7. The van der Waals surface area contributed by atoms with Gasteiger partial charge in [0.15, 0.2) is 5.82 Å². The quantitative estimate of drug-likeness (QED) is 0.529. The molecule has 7 nitrogen and oxygen atoms in total. The van der Waals surface area contributed by atoms with Crippen molar-refractivity contribution in [3.05, 3.63) is 65.3 Å². The van der Waals surface area contributed by atoms with Gasteiger partial charge in [0.25, 0.3) is 5.91 Å². The first-order valence-electron chi connectivity index (χ1n) is 12.2. The minimum absolute atomic E-state index is 0.0851. The smallest absolute Gasteiger partial charge is 0.291 e. The number of fused-ring (bicyclic) bond motifs is 2. The number of carbonyl (C=O) groups excluding carboxylic acids is 1. The van der Waals surface area contributed by atoms with E-state index in [4.69, 9.17) is 10.00 Å². The van der Waals surface area contributed by atoms with Crippen molar-refractivity contribution in [3.63, 3.8) is 0 Å². The van der Waals surface area contributed by atoms with E-state index in [-0.39, 0.29) is 16.9 Å². The molecule has 1 amide bonds. The first-order chi connectivity index (χ1) is 16.4. The minimum atomic E-state index is -1.06. The number of hydrogen-bond donors (Lipinski definition) is 3. The third-order valence-corrected chi connectivity index (χ3v) is 7.58. The molecule has 2 bridgehead atoms. The van der Waals surface area contributed by atoms with Gasteiger partial charge in [0.1, 0.15) is 11.8 Å². The average molecular weight is 473 g/mol. The van der Waals surface area contributed by atoms with Crippen LogP contribution in [0.4, 0.5) is 5.69 Å². The summed E-state index contributed by atoms with van der Waals surface area (Å²) in [6.45, 7) is 8.55. The number of aromatic nitrogens is 2. The van der Waals surface area contributed by atoms with Crippen LogP contribution < -0.4 is 5.32 Å². The zero-order valence-corrected chi connectivity index (χ0v) is 20.7. The van der Waals surface area contributed by atoms with Crippen LogP contribution in [0, 0.1) is 16.7 Å². The van der Waals surface area contributed by atoms with Crippen LogP contribution in [0.3, 0.4) is 0 Å². The lowest BCUT2D eigenvalue weighted by atomic mass is 9.74. The number of nitrogens with one attached hydrogen (secondary N) is 2. The van der Waals surface area contributed by atoms with Crippen LogP contribution >= 0.6 is 0 Å². The molecule has 1 saturated heterocycles. The second-order valence-corrected chi connectivity index (χ2v) is 11.5. The Hall–Kier alpha value is -3.21. The van der Waals surface area contributed by atoms with E-state index >= 15 is 0 Å². The van der Waals surface area contributed by atoms with Crippen LogP contribution in [0.25, 0.3) is 5.57 Å². The van der Waals surface area contributed by atoms with E-state index in [2.05, 4.69) is 47.4 Å². The molecule has 182 valence electrons. The molecule has 1 aromatic heterocycles. The third kappa shape index (κ3) is 4.44. The van der Waals surface area contributed by atoms with Gasteiger partial charge in [-0.2, -0.15) is 5.26 Å². The maximum absolute atomic E-state index is 12.9. The fourth-order valence-electron chi connectivity index (χ4n) is 5.78. The molecule has 7 heteroatoms. The number of carbonyl (C=O) groups is 1. The van der Waals surface area contributed by atoms with Gasteiger partial charge >= 0.3 is 0 Å². The molecule has 3 N–H and O–H groups in total. The number of anilines is 1. The number of benzene rings is 1. The van der Waals surface area contributed by atoms with Crippen molar-refractivity contribution in [2.45, 2.75) is 76.6 Å². The van der Waals surface area contributed by atoms with Gasteiger partial charge in [-0.1, -0.05) is 38.1 Å². The highest BCUT2D eigenvalue weighted by Gasteiger charge is 2.53. The van der Waals surface area contributed by atoms with Crippen LogP contribution in [0.2, 0.25) is 0 Å². The SMILES string of the molecule is CC1(C)CC=C(c2cc(C3(O)C[C@]4(C)C=C[C@](C)(C3)O4)ccc2NC(=O)c2ncc(C#N)[nH]2)CC1. The number of rotatable bonds is 4. The summed E-state index contributed by atoms with van der Waals surface area (Å²) in [5, 5.41) is 23.9. The normalized spacial score (nSPS) is 31.0. The van der Waals surface area contributed by atoms with Gasteiger partial charge in [0.2, 0.25) is 0 Å². The van der Waals surface area contributed by atoms with Crippen LogP contribution in [-0.2, 0) is 10.3 Å². The van der Waals surface area contributed by atoms with Gasteiger partial charge in [-0.15, -0.1) is 0 Å². The largest absolute Gasteiger partial charge is 0.385 e. The predicted molar refractivity (Wildman–Crippen MR) is 133 cm³/mol. The number of allylic oxidation sites excluding steroid dienone is 2. The fourth-order valence-corrected chi connectivity index (χ4v) is 5.78. The van der Waals surface area contributed by atoms with Gasteiger partial charge < -0.3 is 20.1 Å². The highest BCUT2D eigenvalue weighted by atomic mass is 16.5. The molecular weight excluding hydrogens is 440 g/mol. The van der Waals surface area contributed by atoms with Crippen molar-refractivity contribution in [2.75, 3.05) is 5.32 Å². The third-order valence-electron chi connectivity index (χ3n) is 7.58.